The Kier molecular flexibility index (Phi) is 6.61. The summed E-state index contributed by atoms with van der Waals surface area (Å²) in [5.74, 6) is 5.67. The van der Waals surface area contributed by atoms with Gasteiger partial charge in [0.15, 0.2) is 0 Å². The van der Waals surface area contributed by atoms with Gasteiger partial charge in [0, 0.05) is 0 Å². The van der Waals surface area contributed by atoms with Crippen LogP contribution in [0.15, 0.2) is 29.8 Å². The number of hydrogen-bond acceptors (Lipinski definition) is 0. The van der Waals surface area contributed by atoms with Crippen molar-refractivity contribution in [3.05, 3.63) is 46.5 Å². The molecule has 0 aromatic heterocycles. The third kappa shape index (κ3) is 3.77. The Labute approximate surface area is 158 Å². The van der Waals surface area contributed by atoms with Crippen LogP contribution in [0.25, 0.3) is 0 Å². The summed E-state index contributed by atoms with van der Waals surface area (Å²) in [7, 11) is -3.07. The van der Waals surface area contributed by atoms with Gasteiger partial charge in [-0.3, -0.25) is 0 Å². The van der Waals surface area contributed by atoms with Gasteiger partial charge >= 0.3 is 158 Å². The second kappa shape index (κ2) is 7.82. The molecule has 2 bridgehead atoms. The van der Waals surface area contributed by atoms with E-state index in [0.29, 0.717) is 0 Å². The van der Waals surface area contributed by atoms with Gasteiger partial charge in [-0.05, 0) is 0 Å². The Balaban J connectivity index is 2.79. The summed E-state index contributed by atoms with van der Waals surface area (Å²) in [6.07, 6.45) is 2.64. The summed E-state index contributed by atoms with van der Waals surface area (Å²) in [5, 5.41) is 0. The predicted octanol–water partition coefficient (Wildman–Crippen LogP) is 7.61. The quantitative estimate of drug-likeness (QED) is 0.471. The van der Waals surface area contributed by atoms with E-state index in [0.717, 1.165) is 22.6 Å². The van der Waals surface area contributed by atoms with Crippen LogP contribution < -0.4 is 0 Å². The second-order valence-corrected chi connectivity index (χ2v) is 20.2. The van der Waals surface area contributed by atoms with Crippen molar-refractivity contribution in [3.63, 3.8) is 0 Å². The Hall–Kier alpha value is -0.180. The monoisotopic (exact) mass is 380 g/mol. The van der Waals surface area contributed by atoms with Gasteiger partial charge in [-0.15, -0.1) is 0 Å². The van der Waals surface area contributed by atoms with Crippen molar-refractivity contribution in [2.45, 2.75) is 97.3 Å². The van der Waals surface area contributed by atoms with Crippen LogP contribution in [0.2, 0.25) is 0 Å². The van der Waals surface area contributed by atoms with E-state index in [2.05, 4.69) is 92.1 Å². The molecule has 2 rings (SSSR count). The maximum absolute atomic E-state index is 2.84. The fourth-order valence-corrected chi connectivity index (χ4v) is 15.8. The van der Waals surface area contributed by atoms with Gasteiger partial charge in [0.25, 0.3) is 0 Å². The minimum atomic E-state index is -1.54. The topological polar surface area (TPSA) is 0 Å². The summed E-state index contributed by atoms with van der Waals surface area (Å²) in [6.45, 7) is 22.3. The van der Waals surface area contributed by atoms with E-state index in [1.54, 1.807) is 16.7 Å². The molecule has 0 radical (unpaired) electrons. The fourth-order valence-electron chi connectivity index (χ4n) is 5.13. The van der Waals surface area contributed by atoms with Gasteiger partial charge in [0.05, 0.1) is 0 Å². The third-order valence-electron chi connectivity index (χ3n) is 7.56. The number of benzene rings is 1. The molecule has 0 atom stereocenters. The molecule has 1 heterocycles. The van der Waals surface area contributed by atoms with E-state index >= 15 is 0 Å². The molecule has 0 fully saturated rings. The van der Waals surface area contributed by atoms with Crippen LogP contribution in [0, 0.1) is 6.92 Å². The molecule has 1 aromatic rings. The van der Waals surface area contributed by atoms with E-state index in [-0.39, 0.29) is 0 Å². The van der Waals surface area contributed by atoms with Crippen molar-refractivity contribution in [2.24, 2.45) is 0 Å². The van der Waals surface area contributed by atoms with Crippen molar-refractivity contribution in [1.82, 2.24) is 0 Å². The maximum atomic E-state index is 2.84. The van der Waals surface area contributed by atoms with Gasteiger partial charge < -0.3 is 0 Å². The number of rotatable bonds is 4. The van der Waals surface area contributed by atoms with Crippen molar-refractivity contribution in [3.8, 4) is 0 Å². The molecule has 0 amide bonds. The van der Waals surface area contributed by atoms with Gasteiger partial charge in [-0.1, -0.05) is 0 Å². The van der Waals surface area contributed by atoms with E-state index in [1.807, 2.05) is 0 Å². The summed E-state index contributed by atoms with van der Waals surface area (Å²) in [4.78, 5) is 0. The molecule has 0 spiro atoms. The molecular weight excluding hydrogens is 338 g/mol. The summed E-state index contributed by atoms with van der Waals surface area (Å²) in [5.41, 5.74) is 8.02. The van der Waals surface area contributed by atoms with Gasteiger partial charge in [-0.25, -0.2) is 0 Å². The summed E-state index contributed by atoms with van der Waals surface area (Å²) < 4.78 is 0. The Morgan fingerprint density at radius 1 is 0.640 bits per heavy atom. The SMILES string of the molecule is Cc1c2cccc1C[PH](C(C)C)(C(C)C)/C=C/[PH](C(C)C)(C(C)C)C2. The van der Waals surface area contributed by atoms with Crippen LogP contribution in [0.5, 0.6) is 0 Å². The van der Waals surface area contributed by atoms with Crippen LogP contribution in [-0.4, -0.2) is 22.6 Å². The first-order valence-electron chi connectivity index (χ1n) is 10.3. The minimum absolute atomic E-state index is 0.788. The zero-order valence-electron chi connectivity index (χ0n) is 18.1. The molecule has 25 heavy (non-hydrogen) atoms. The van der Waals surface area contributed by atoms with Crippen LogP contribution in [0.4, 0.5) is 0 Å². The molecule has 0 unspecified atom stereocenters. The standard InChI is InChI=1S/C23H42P2/c1-17(2)24(18(3)4)13-14-25(19(5)6,20(7)8)16-23-12-10-11-22(15-24)21(23)9/h10-14,17-20,24-25H,15-16H2,1-9H3/b14-13+. The van der Waals surface area contributed by atoms with Gasteiger partial charge in [-0.2, -0.15) is 0 Å². The average molecular weight is 381 g/mol. The first-order chi connectivity index (χ1) is 11.6. The van der Waals surface area contributed by atoms with Gasteiger partial charge in [0.1, 0.15) is 0 Å². The second-order valence-electron chi connectivity index (χ2n) is 9.73. The van der Waals surface area contributed by atoms with E-state index in [4.69, 9.17) is 0 Å². The molecule has 144 valence electrons. The van der Waals surface area contributed by atoms with E-state index in [1.165, 1.54) is 12.3 Å². The summed E-state index contributed by atoms with van der Waals surface area (Å²) >= 11 is 0. The molecule has 0 N–H and O–H groups in total. The Bertz CT molecular complexity index is 557. The first-order valence-corrected chi connectivity index (χ1v) is 15.2. The molecule has 0 saturated carbocycles. The zero-order chi connectivity index (χ0) is 19.0. The van der Waals surface area contributed by atoms with Crippen molar-refractivity contribution < 1.29 is 0 Å². The van der Waals surface area contributed by atoms with E-state index < -0.39 is 14.5 Å². The van der Waals surface area contributed by atoms with Crippen molar-refractivity contribution in [2.75, 3.05) is 0 Å². The number of hydrogen-bond donors (Lipinski definition) is 0. The van der Waals surface area contributed by atoms with Gasteiger partial charge in [0.2, 0.25) is 0 Å². The molecule has 1 aliphatic rings. The van der Waals surface area contributed by atoms with Crippen LogP contribution in [0.3, 0.4) is 0 Å². The first kappa shape index (κ1) is 21.1. The van der Waals surface area contributed by atoms with E-state index in [9.17, 15) is 0 Å². The summed E-state index contributed by atoms with van der Waals surface area (Å²) in [6, 6.07) is 7.17. The third-order valence-corrected chi connectivity index (χ3v) is 20.0. The predicted molar refractivity (Wildman–Crippen MR) is 125 cm³/mol. The average Bonchev–Trinajstić information content (AvgIpc) is 2.54. The molecule has 2 heteroatoms. The zero-order valence-corrected chi connectivity index (χ0v) is 20.1. The molecule has 0 nitrogen and oxygen atoms in total. The van der Waals surface area contributed by atoms with Crippen molar-refractivity contribution in [1.29, 1.82) is 0 Å². The van der Waals surface area contributed by atoms with Crippen LogP contribution in [-0.2, 0) is 12.3 Å². The number of fused-ring (bicyclic) bond motifs is 2. The Morgan fingerprint density at radius 3 is 1.24 bits per heavy atom. The Morgan fingerprint density at radius 2 is 0.960 bits per heavy atom. The molecular formula is C23H42P2. The normalized spacial score (nSPS) is 23.2. The molecule has 0 saturated heterocycles. The fraction of sp³-hybridized carbons (Fsp3) is 0.652. The molecule has 1 aromatic carbocycles. The van der Waals surface area contributed by atoms with Crippen molar-refractivity contribution >= 4 is 14.5 Å². The van der Waals surface area contributed by atoms with Crippen LogP contribution in [0.1, 0.15) is 72.1 Å². The van der Waals surface area contributed by atoms with Crippen LogP contribution >= 0.6 is 14.5 Å². The molecule has 0 aliphatic carbocycles. The molecule has 1 aliphatic heterocycles.